The van der Waals surface area contributed by atoms with E-state index in [1.165, 1.54) is 38.3 Å². The molecule has 0 aliphatic heterocycles. The summed E-state index contributed by atoms with van der Waals surface area (Å²) in [6.07, 6.45) is -23.0. The number of thioether (sulfide) groups is 4. The maximum absolute atomic E-state index is 14.3. The molecule has 8 aliphatic rings. The summed E-state index contributed by atoms with van der Waals surface area (Å²) in [7, 11) is 0. The molecule has 0 spiro atoms. The number of fused-ring (bicyclic) bond motifs is 4. The Morgan fingerprint density at radius 3 is 0.840 bits per heavy atom. The van der Waals surface area contributed by atoms with Crippen LogP contribution in [0.15, 0.2) is 93.4 Å². The highest BCUT2D eigenvalue weighted by molar-refractivity contribution is 7.99. The highest BCUT2D eigenvalue weighted by atomic mass is 32.2. The van der Waals surface area contributed by atoms with Gasteiger partial charge in [-0.05, 0) is 148 Å². The summed E-state index contributed by atoms with van der Waals surface area (Å²) in [5, 5.41) is 168. The second kappa shape index (κ2) is 47.3. The van der Waals surface area contributed by atoms with E-state index in [2.05, 4.69) is 102 Å². The zero-order valence-electron chi connectivity index (χ0n) is 102. The third kappa shape index (κ3) is 23.8. The first kappa shape index (κ1) is 78.7. The van der Waals surface area contributed by atoms with Gasteiger partial charge < -0.3 is 101 Å². The minimum Gasteiger partial charge on any atom is -0.394 e. The van der Waals surface area contributed by atoms with E-state index in [0.29, 0.717) is 56.3 Å². The van der Waals surface area contributed by atoms with Crippen LogP contribution in [-0.4, -0.2) is 334 Å². The van der Waals surface area contributed by atoms with E-state index >= 15 is 0 Å². The Kier molecular flexibility index (Phi) is 25.9. The molecule has 8 fully saturated rings. The standard InChI is InChI=1S/4C24H31FN6O4S/c4*1-3-8-36-24-27-22(26-16-10-14(16)13-5-4-12(2)15(25)9-13)19-23(28-24)31(30-29-19)17-11-18(35-7-6-32)21(34)20(17)33/h4*4-5,9,14,16-18,20-21,32-34H,3,6-8,10-11H2,1-2H3,(H,26,27,28)/t4*14-,16+,17+,18-,20-,21+/m0000/s1/i6D2,7D2,8D2,10D2;7D2,8D2,10D2;6D2,8D2,10D2;8D2,10D2. The summed E-state index contributed by atoms with van der Waals surface area (Å²) in [6, 6.07) is 11.0. The molecule has 0 radical (unpaired) electrons. The smallest absolute Gasteiger partial charge is 0.191 e. The van der Waals surface area contributed by atoms with Gasteiger partial charge in [-0.1, -0.05) is 144 Å². The Bertz CT molecular complexity index is 7670. The molecular formula is C96H124F4N24O16S4. The minimum atomic E-state index is -3.41. The molecule has 0 saturated heterocycles. The van der Waals surface area contributed by atoms with E-state index in [1.54, 1.807) is 104 Å². The van der Waals surface area contributed by atoms with Crippen molar-refractivity contribution in [2.45, 2.75) is 298 Å². The molecule has 8 aliphatic carbocycles. The van der Waals surface area contributed by atoms with Crippen molar-refractivity contribution in [3.8, 4) is 0 Å². The number of aryl methyl sites for hydroxylation is 4. The zero-order valence-corrected chi connectivity index (χ0v) is 81.6. The molecule has 8 aromatic heterocycles. The van der Waals surface area contributed by atoms with Crippen molar-refractivity contribution in [1.82, 2.24) is 99.8 Å². The van der Waals surface area contributed by atoms with E-state index in [9.17, 15) is 73.7 Å². The number of anilines is 4. The third-order valence-electron chi connectivity index (χ3n) is 25.2. The monoisotopic (exact) mass is 2100 g/mol. The number of aliphatic hydroxyl groups excluding tert-OH is 10. The van der Waals surface area contributed by atoms with Crippen LogP contribution in [0.5, 0.6) is 0 Å². The van der Waals surface area contributed by atoms with Gasteiger partial charge in [-0.25, -0.2) is 76.2 Å². The van der Waals surface area contributed by atoms with Gasteiger partial charge in [0.2, 0.25) is 0 Å². The highest BCUT2D eigenvalue weighted by Crippen LogP contribution is 2.50. The second-order valence-electron chi connectivity index (χ2n) is 34.9. The van der Waals surface area contributed by atoms with Crippen molar-refractivity contribution in [3.63, 3.8) is 0 Å². The van der Waals surface area contributed by atoms with Crippen LogP contribution in [0, 0.1) is 51.0 Å². The molecule has 12 aromatic rings. The topological polar surface area (TPSA) is 554 Å². The van der Waals surface area contributed by atoms with E-state index in [-0.39, 0.29) is 153 Å². The van der Waals surface area contributed by atoms with Crippen molar-refractivity contribution >= 4 is 115 Å². The molecule has 8 heterocycles. The summed E-state index contributed by atoms with van der Waals surface area (Å²) in [5.41, 5.74) is -2.74. The maximum Gasteiger partial charge on any atom is 0.191 e. The summed E-state index contributed by atoms with van der Waals surface area (Å²) in [5.74, 6) is -4.38. The molecule has 8 saturated carbocycles. The summed E-state index contributed by atoms with van der Waals surface area (Å²) >= 11 is 2.96. The number of aromatic nitrogens is 20. The maximum atomic E-state index is 14.3. The number of benzene rings is 4. The lowest BCUT2D eigenvalue weighted by atomic mass is 10.1. The van der Waals surface area contributed by atoms with Crippen LogP contribution in [0.3, 0.4) is 0 Å². The molecule has 24 atom stereocenters. The molecule has 0 amide bonds. The second-order valence-corrected chi connectivity index (χ2v) is 38.3. The van der Waals surface area contributed by atoms with Gasteiger partial charge in [0.15, 0.2) is 88.6 Å². The first-order valence-electron chi connectivity index (χ1n) is 58.3. The fourth-order valence-electron chi connectivity index (χ4n) is 17.3. The van der Waals surface area contributed by atoms with Gasteiger partial charge in [-0.15, -0.1) is 20.4 Å². The van der Waals surface area contributed by atoms with Crippen LogP contribution in [0.1, 0.15) is 230 Å². The van der Waals surface area contributed by atoms with Crippen LogP contribution in [0.2, 0.25) is 0 Å². The van der Waals surface area contributed by atoms with Gasteiger partial charge in [0.25, 0.3) is 0 Å². The minimum absolute atomic E-state index is 0.00487. The lowest BCUT2D eigenvalue weighted by Crippen LogP contribution is -2.33. The van der Waals surface area contributed by atoms with Crippen molar-refractivity contribution in [3.05, 3.63) is 141 Å². The molecule has 20 rings (SSSR count). The zero-order chi connectivity index (χ0) is 123. The number of hydrogen-bond donors (Lipinski definition) is 16. The molecule has 776 valence electrons. The Morgan fingerprint density at radius 2 is 0.604 bits per heavy atom. The van der Waals surface area contributed by atoms with Crippen molar-refractivity contribution < 1.29 is 131 Å². The van der Waals surface area contributed by atoms with Crippen LogP contribution >= 0.6 is 47.0 Å². The summed E-state index contributed by atoms with van der Waals surface area (Å²) in [4.78, 5) is 35.4. The average Bonchev–Trinajstić information content (AvgIpc) is 1.56. The van der Waals surface area contributed by atoms with Crippen LogP contribution in [0.4, 0.5) is 40.8 Å². The van der Waals surface area contributed by atoms with Gasteiger partial charge in [0, 0.05) is 118 Å². The average molecular weight is 2100 g/mol. The van der Waals surface area contributed by atoms with E-state index < -0.39 is 256 Å². The normalized spacial score (nSPS) is 32.3. The van der Waals surface area contributed by atoms with E-state index in [1.807, 2.05) is 0 Å². The Morgan fingerprint density at radius 1 is 0.347 bits per heavy atom. The molecule has 16 N–H and O–H groups in total. The Labute approximate surface area is 877 Å². The molecule has 48 heteroatoms. The summed E-state index contributed by atoms with van der Waals surface area (Å²) < 4.78 is 277. The highest BCUT2D eigenvalue weighted by Gasteiger charge is 2.51. The van der Waals surface area contributed by atoms with Gasteiger partial charge in [-0.2, -0.15) is 0 Å². The quantitative estimate of drug-likeness (QED) is 0.00969. The van der Waals surface area contributed by atoms with Crippen LogP contribution < -0.4 is 21.3 Å². The van der Waals surface area contributed by atoms with Crippen LogP contribution in [0.25, 0.3) is 44.7 Å². The lowest BCUT2D eigenvalue weighted by Gasteiger charge is -2.17. The van der Waals surface area contributed by atoms with Gasteiger partial charge in [-0.3, -0.25) is 0 Å². The first-order chi connectivity index (χ1) is 78.2. The Hall–Kier alpha value is -9.52. The predicted octanol–water partition coefficient (Wildman–Crippen LogP) is 8.73. The molecule has 40 nitrogen and oxygen atoms in total. The summed E-state index contributed by atoms with van der Waals surface area (Å²) in [6.45, 7) is -0.613. The lowest BCUT2D eigenvalue weighted by molar-refractivity contribution is -0.0629. The number of nitrogens with one attached hydrogen (secondary N) is 4. The fourth-order valence-corrected chi connectivity index (χ4v) is 19.4. The number of aliphatic hydroxyl groups is 12. The van der Waals surface area contributed by atoms with Crippen LogP contribution in [-0.2, 0) is 18.9 Å². The predicted molar refractivity (Wildman–Crippen MR) is 530 cm³/mol. The molecule has 144 heavy (non-hydrogen) atoms. The fraction of sp³-hybridized carbons (Fsp3) is 0.583. The van der Waals surface area contributed by atoms with E-state index in [4.69, 9.17) is 57.0 Å². The Balaban J connectivity index is 0.000000149. The van der Waals surface area contributed by atoms with Crippen molar-refractivity contribution in [2.75, 3.05) is 96.8 Å². The van der Waals surface area contributed by atoms with Gasteiger partial charge in [0.1, 0.15) is 72.1 Å². The number of hydrogen-bond acceptors (Lipinski definition) is 40. The van der Waals surface area contributed by atoms with E-state index in [0.717, 1.165) is 40.0 Å². The first-order valence-corrected chi connectivity index (χ1v) is 49.6. The van der Waals surface area contributed by atoms with Gasteiger partial charge in [0.05, 0.1) is 112 Å². The van der Waals surface area contributed by atoms with Crippen molar-refractivity contribution in [2.24, 2.45) is 0 Å². The molecule has 0 unspecified atom stereocenters. The van der Waals surface area contributed by atoms with Crippen molar-refractivity contribution in [1.29, 1.82) is 0 Å². The van der Waals surface area contributed by atoms with Gasteiger partial charge >= 0.3 is 0 Å². The largest absolute Gasteiger partial charge is 0.394 e. The third-order valence-corrected chi connectivity index (χ3v) is 28.4. The number of halogens is 4. The molecule has 4 aromatic carbocycles. The number of rotatable bonds is 40. The molecule has 0 bridgehead atoms. The SMILES string of the molecule is [2H]C([2H])(CC)Sc1nc(N[C@H]2[C@H](c3ccc(C)c(F)c3)C2([2H])[2H])c2nnn([C@@H]3C[C@H](OC([2H])([2H])C([2H])([2H])O)[C@@H](O)[C@H]3O)c2n1.[2H]C([2H])(CC)Sc1nc(N[C@H]2[C@H](c3ccc(C)c(F)c3)C2([2H])[2H])c2nnn([C@@H]3C[C@H](OCCO)[C@@H](O)[C@H]3O)c2n1.[2H]C([2H])(CO)O[C@H]1C[C@@H](n2nnc3c(N[C@H]4[C@H](c5ccc(C)c(F)c5)C4([2H])[2H])nc(SC([2H])([2H])CC)nc32)[C@H](O)[C@@H]1O.[2H]C([2H])(O)CO[C@H]1C[C@@H](n2nnc3c(N[C@H]4[C@H](c5ccc(C)c(F)c5)C4([2H])[2H])nc(SC([2H])([2H])CC)nc32)[C@H](O)[C@@H]1O. The molecular weight excluding hydrogens is 1950 g/mol. The number of ether oxygens (including phenoxy) is 4. The number of nitrogens with zero attached hydrogens (tertiary/aromatic N) is 20.